The summed E-state index contributed by atoms with van der Waals surface area (Å²) in [5, 5.41) is 0. The fourth-order valence-corrected chi connectivity index (χ4v) is 2.53. The van der Waals surface area contributed by atoms with Gasteiger partial charge in [-0.15, -0.1) is 6.58 Å². The highest BCUT2D eigenvalue weighted by molar-refractivity contribution is 5.84. The number of hydrogen-bond acceptors (Lipinski definition) is 1. The summed E-state index contributed by atoms with van der Waals surface area (Å²) in [6.07, 6.45) is 1.80. The van der Waals surface area contributed by atoms with Crippen LogP contribution >= 0.6 is 0 Å². The molecule has 2 N–H and O–H groups in total. The molecule has 2 aromatic rings. The van der Waals surface area contributed by atoms with Gasteiger partial charge in [0.15, 0.2) is 0 Å². The Balaban J connectivity index is 2.27. The molecule has 0 amide bonds. The lowest BCUT2D eigenvalue weighted by atomic mass is 9.90. The van der Waals surface area contributed by atoms with Crippen molar-refractivity contribution in [3.63, 3.8) is 0 Å². The largest absolute Gasteiger partial charge is 0.323 e. The highest BCUT2D eigenvalue weighted by atomic mass is 14.6. The predicted molar refractivity (Wildman–Crippen MR) is 71.5 cm³/mol. The second-order valence-electron chi connectivity index (χ2n) is 4.27. The Morgan fingerprint density at radius 2 is 1.24 bits per heavy atom. The number of fused-ring (bicyclic) bond motifs is 3. The van der Waals surface area contributed by atoms with Crippen molar-refractivity contribution in [2.75, 3.05) is 0 Å². The lowest BCUT2D eigenvalue weighted by molar-refractivity contribution is 0.888. The van der Waals surface area contributed by atoms with Crippen molar-refractivity contribution in [3.05, 3.63) is 78.2 Å². The Morgan fingerprint density at radius 3 is 1.65 bits per heavy atom. The van der Waals surface area contributed by atoms with E-state index in [-0.39, 0.29) is 6.04 Å². The summed E-state index contributed by atoms with van der Waals surface area (Å²) >= 11 is 0. The molecular weight excluding hydrogens is 206 g/mol. The topological polar surface area (TPSA) is 26.0 Å². The molecule has 1 atom stereocenters. The average Bonchev–Trinajstić information content (AvgIpc) is 2.72. The number of rotatable bonds is 2. The van der Waals surface area contributed by atoms with Crippen molar-refractivity contribution in [1.82, 2.24) is 0 Å². The molecule has 0 heterocycles. The fraction of sp³-hybridized carbons (Fsp3) is 0.0625. The van der Waals surface area contributed by atoms with Gasteiger partial charge < -0.3 is 5.73 Å². The summed E-state index contributed by atoms with van der Waals surface area (Å²) in [5.41, 5.74) is 11.2. The zero-order chi connectivity index (χ0) is 11.8. The lowest BCUT2D eigenvalue weighted by Gasteiger charge is -2.17. The van der Waals surface area contributed by atoms with E-state index >= 15 is 0 Å². The van der Waals surface area contributed by atoms with Crippen molar-refractivity contribution >= 4 is 0 Å². The molecule has 0 spiro atoms. The Kier molecular flexibility index (Phi) is 2.34. The third-order valence-electron chi connectivity index (χ3n) is 3.31. The summed E-state index contributed by atoms with van der Waals surface area (Å²) in [5.74, 6) is 1.19. The van der Waals surface area contributed by atoms with Crippen LogP contribution in [0.4, 0.5) is 0 Å². The minimum Gasteiger partial charge on any atom is -0.323 e. The van der Waals surface area contributed by atoms with Crippen molar-refractivity contribution in [2.24, 2.45) is 5.73 Å². The molecule has 1 unspecified atom stereocenters. The number of benzene rings is 2. The third-order valence-corrected chi connectivity index (χ3v) is 3.31. The summed E-state index contributed by atoms with van der Waals surface area (Å²) in [4.78, 5) is 0. The second kappa shape index (κ2) is 3.86. The van der Waals surface area contributed by atoms with Gasteiger partial charge in [-0.1, -0.05) is 54.6 Å². The predicted octanol–water partition coefficient (Wildman–Crippen LogP) is 3.15. The smallest absolute Gasteiger partial charge is 0.0557 e. The van der Waals surface area contributed by atoms with Crippen LogP contribution in [0.2, 0.25) is 0 Å². The van der Waals surface area contributed by atoms with Gasteiger partial charge in [-0.2, -0.15) is 0 Å². The van der Waals surface area contributed by atoms with Crippen molar-refractivity contribution in [3.8, 4) is 11.1 Å². The Labute approximate surface area is 102 Å². The van der Waals surface area contributed by atoms with E-state index in [9.17, 15) is 0 Å². The molecule has 0 aliphatic heterocycles. The van der Waals surface area contributed by atoms with Crippen LogP contribution in [0.15, 0.2) is 61.2 Å². The lowest BCUT2D eigenvalue weighted by Crippen LogP contribution is -2.26. The molecule has 83 valence electrons. The van der Waals surface area contributed by atoms with E-state index in [0.29, 0.717) is 0 Å². The van der Waals surface area contributed by atoms with E-state index in [0.717, 1.165) is 0 Å². The van der Waals surface area contributed by atoms with Crippen LogP contribution in [0, 0.1) is 5.92 Å². The maximum atomic E-state index is 6.15. The van der Waals surface area contributed by atoms with Gasteiger partial charge in [0, 0.05) is 6.04 Å². The maximum Gasteiger partial charge on any atom is 0.0557 e. The molecule has 3 rings (SSSR count). The van der Waals surface area contributed by atoms with Crippen LogP contribution in [0.5, 0.6) is 0 Å². The van der Waals surface area contributed by atoms with Gasteiger partial charge in [-0.05, 0) is 22.3 Å². The first kappa shape index (κ1) is 10.3. The van der Waals surface area contributed by atoms with E-state index in [2.05, 4.69) is 55.1 Å². The molecule has 0 bridgehead atoms. The molecule has 1 radical (unpaired) electrons. The normalized spacial score (nSPS) is 15.1. The Hall–Kier alpha value is -1.86. The van der Waals surface area contributed by atoms with E-state index in [1.165, 1.54) is 28.2 Å². The SMILES string of the molecule is C=CC(N)[C]1c2ccccc2-c2ccccc21. The van der Waals surface area contributed by atoms with Gasteiger partial charge in [0.05, 0.1) is 5.92 Å². The standard InChI is InChI=1S/C16H14N/c1-2-15(17)16-13-9-5-3-7-11(13)12-8-4-6-10-14(12)16/h2-10,15H,1,17H2. The average molecular weight is 220 g/mol. The zero-order valence-corrected chi connectivity index (χ0v) is 9.56. The molecule has 1 heteroatoms. The fourth-order valence-electron chi connectivity index (χ4n) is 2.53. The summed E-state index contributed by atoms with van der Waals surface area (Å²) < 4.78 is 0. The van der Waals surface area contributed by atoms with Crippen LogP contribution in [0.25, 0.3) is 11.1 Å². The van der Waals surface area contributed by atoms with Gasteiger partial charge in [-0.3, -0.25) is 0 Å². The Morgan fingerprint density at radius 1 is 0.824 bits per heavy atom. The van der Waals surface area contributed by atoms with Crippen LogP contribution < -0.4 is 5.73 Å². The first-order valence-corrected chi connectivity index (χ1v) is 5.77. The maximum absolute atomic E-state index is 6.15. The second-order valence-corrected chi connectivity index (χ2v) is 4.27. The number of hydrogen-bond donors (Lipinski definition) is 1. The van der Waals surface area contributed by atoms with Gasteiger partial charge in [0.2, 0.25) is 0 Å². The summed E-state index contributed by atoms with van der Waals surface area (Å²) in [6.45, 7) is 3.81. The summed E-state index contributed by atoms with van der Waals surface area (Å²) in [6, 6.07) is 16.7. The first-order chi connectivity index (χ1) is 8.33. The molecule has 0 saturated heterocycles. The monoisotopic (exact) mass is 220 g/mol. The van der Waals surface area contributed by atoms with Crippen LogP contribution in [-0.4, -0.2) is 6.04 Å². The van der Waals surface area contributed by atoms with Crippen LogP contribution in [-0.2, 0) is 0 Å². The molecule has 2 aromatic carbocycles. The van der Waals surface area contributed by atoms with E-state index < -0.39 is 0 Å². The highest BCUT2D eigenvalue weighted by Crippen LogP contribution is 2.44. The van der Waals surface area contributed by atoms with Crippen LogP contribution in [0.1, 0.15) is 11.1 Å². The zero-order valence-electron chi connectivity index (χ0n) is 9.56. The molecule has 0 fully saturated rings. The van der Waals surface area contributed by atoms with Gasteiger partial charge in [-0.25, -0.2) is 0 Å². The minimum absolute atomic E-state index is 0.111. The molecule has 0 aromatic heterocycles. The van der Waals surface area contributed by atoms with Gasteiger partial charge in [0.1, 0.15) is 0 Å². The molecule has 1 nitrogen and oxygen atoms in total. The van der Waals surface area contributed by atoms with Crippen molar-refractivity contribution in [1.29, 1.82) is 0 Å². The minimum atomic E-state index is -0.111. The van der Waals surface area contributed by atoms with Gasteiger partial charge in [0.25, 0.3) is 0 Å². The third kappa shape index (κ3) is 1.43. The molecular formula is C16H14N. The first-order valence-electron chi connectivity index (χ1n) is 5.77. The molecule has 17 heavy (non-hydrogen) atoms. The van der Waals surface area contributed by atoms with E-state index in [1.54, 1.807) is 6.08 Å². The van der Waals surface area contributed by atoms with E-state index in [1.807, 2.05) is 0 Å². The van der Waals surface area contributed by atoms with E-state index in [4.69, 9.17) is 5.73 Å². The molecule has 1 aliphatic carbocycles. The highest BCUT2D eigenvalue weighted by Gasteiger charge is 2.31. The number of nitrogens with two attached hydrogens (primary N) is 1. The molecule has 1 aliphatic rings. The van der Waals surface area contributed by atoms with Crippen LogP contribution in [0.3, 0.4) is 0 Å². The Bertz CT molecular complexity index is 526. The quantitative estimate of drug-likeness (QED) is 0.773. The van der Waals surface area contributed by atoms with Crippen molar-refractivity contribution < 1.29 is 0 Å². The van der Waals surface area contributed by atoms with Crippen molar-refractivity contribution in [2.45, 2.75) is 6.04 Å². The van der Waals surface area contributed by atoms with Gasteiger partial charge >= 0.3 is 0 Å². The summed E-state index contributed by atoms with van der Waals surface area (Å²) in [7, 11) is 0. The molecule has 0 saturated carbocycles.